The van der Waals surface area contributed by atoms with Crippen molar-refractivity contribution in [2.45, 2.75) is 12.8 Å². The van der Waals surface area contributed by atoms with Gasteiger partial charge in [0.05, 0.1) is 22.4 Å². The van der Waals surface area contributed by atoms with E-state index in [9.17, 15) is 0 Å². The predicted octanol–water partition coefficient (Wildman–Crippen LogP) is 5.57. The molecule has 31 heavy (non-hydrogen) atoms. The van der Waals surface area contributed by atoms with Crippen LogP contribution in [0.25, 0.3) is 49.8 Å². The molecule has 0 amide bonds. The van der Waals surface area contributed by atoms with E-state index in [4.69, 9.17) is 9.97 Å². The molecule has 0 spiro atoms. The number of rotatable bonds is 0. The Kier molecular flexibility index (Phi) is 2.72. The lowest BCUT2D eigenvalue weighted by atomic mass is 9.96. The number of imidazole rings is 1. The Morgan fingerprint density at radius 1 is 0.774 bits per heavy atom. The number of pyridine rings is 3. The van der Waals surface area contributed by atoms with E-state index in [1.54, 1.807) is 0 Å². The molecule has 0 fully saturated rings. The summed E-state index contributed by atoms with van der Waals surface area (Å²) in [6.07, 6.45) is 7.50. The zero-order valence-corrected chi connectivity index (χ0v) is 16.6. The Morgan fingerprint density at radius 3 is 2.74 bits per heavy atom. The normalized spacial score (nSPS) is 13.5. The second-order valence-corrected chi connectivity index (χ2v) is 8.50. The fourth-order valence-corrected chi connectivity index (χ4v) is 5.72. The van der Waals surface area contributed by atoms with Crippen molar-refractivity contribution in [3.63, 3.8) is 0 Å². The molecule has 0 saturated carbocycles. The lowest BCUT2D eigenvalue weighted by Crippen LogP contribution is -1.96. The SMILES string of the molecule is c1ccc2c(c1)Cc1ccc3c(c1-2)Cc1nc2c4ccncc4c4ncccc4n2c1-3. The molecule has 144 valence electrons. The molecule has 0 unspecified atom stereocenters. The van der Waals surface area contributed by atoms with Gasteiger partial charge in [0.15, 0.2) is 0 Å². The second-order valence-electron chi connectivity index (χ2n) is 8.50. The van der Waals surface area contributed by atoms with Gasteiger partial charge in [0.1, 0.15) is 5.65 Å². The van der Waals surface area contributed by atoms with Crippen molar-refractivity contribution < 1.29 is 0 Å². The minimum atomic E-state index is 0.873. The van der Waals surface area contributed by atoms with Crippen LogP contribution in [0.1, 0.15) is 22.4 Å². The lowest BCUT2D eigenvalue weighted by molar-refractivity contribution is 1.16. The molecular formula is C27H16N4. The Balaban J connectivity index is 1.53. The summed E-state index contributed by atoms with van der Waals surface area (Å²) in [4.78, 5) is 14.2. The first kappa shape index (κ1) is 15.7. The van der Waals surface area contributed by atoms with E-state index in [0.717, 1.165) is 46.0 Å². The van der Waals surface area contributed by atoms with Gasteiger partial charge >= 0.3 is 0 Å². The van der Waals surface area contributed by atoms with E-state index in [1.807, 2.05) is 24.7 Å². The Labute approximate surface area is 177 Å². The lowest BCUT2D eigenvalue weighted by Gasteiger charge is -2.12. The van der Waals surface area contributed by atoms with Crippen molar-refractivity contribution in [2.24, 2.45) is 0 Å². The van der Waals surface area contributed by atoms with Crippen LogP contribution in [-0.4, -0.2) is 19.4 Å². The van der Waals surface area contributed by atoms with Crippen LogP contribution in [0.15, 0.2) is 73.2 Å². The average Bonchev–Trinajstić information content (AvgIpc) is 3.48. The molecule has 2 aromatic carbocycles. The van der Waals surface area contributed by atoms with E-state index in [0.29, 0.717) is 0 Å². The Morgan fingerprint density at radius 2 is 1.74 bits per heavy atom. The summed E-state index contributed by atoms with van der Waals surface area (Å²) < 4.78 is 2.32. The van der Waals surface area contributed by atoms with Crippen molar-refractivity contribution in [1.82, 2.24) is 19.4 Å². The summed E-state index contributed by atoms with van der Waals surface area (Å²) in [5, 5.41) is 2.15. The Bertz CT molecular complexity index is 1740. The summed E-state index contributed by atoms with van der Waals surface area (Å²) in [5.74, 6) is 0. The van der Waals surface area contributed by atoms with Gasteiger partial charge in [-0.1, -0.05) is 36.4 Å². The molecule has 4 heterocycles. The molecule has 0 N–H and O–H groups in total. The smallest absolute Gasteiger partial charge is 0.146 e. The predicted molar refractivity (Wildman–Crippen MR) is 122 cm³/mol. The first-order valence-electron chi connectivity index (χ1n) is 10.6. The van der Waals surface area contributed by atoms with E-state index < -0.39 is 0 Å². The molecule has 2 aliphatic carbocycles. The fraction of sp³-hybridized carbons (Fsp3) is 0.0741. The van der Waals surface area contributed by atoms with Crippen LogP contribution in [0, 0.1) is 0 Å². The number of hydrogen-bond acceptors (Lipinski definition) is 3. The van der Waals surface area contributed by atoms with Gasteiger partial charge in [0.2, 0.25) is 0 Å². The third-order valence-corrected chi connectivity index (χ3v) is 6.96. The Hall–Kier alpha value is -4.05. The van der Waals surface area contributed by atoms with Crippen LogP contribution in [0.5, 0.6) is 0 Å². The molecule has 4 heteroatoms. The van der Waals surface area contributed by atoms with Crippen LogP contribution in [0.3, 0.4) is 0 Å². The van der Waals surface area contributed by atoms with Crippen molar-refractivity contribution >= 4 is 27.5 Å². The molecule has 8 rings (SSSR count). The van der Waals surface area contributed by atoms with E-state index in [2.05, 4.69) is 57.9 Å². The highest BCUT2D eigenvalue weighted by atomic mass is 15.0. The minimum Gasteiger partial charge on any atom is -0.290 e. The van der Waals surface area contributed by atoms with Gasteiger partial charge in [-0.05, 0) is 52.4 Å². The van der Waals surface area contributed by atoms with Crippen LogP contribution in [0.4, 0.5) is 0 Å². The maximum atomic E-state index is 5.18. The number of hydrogen-bond donors (Lipinski definition) is 0. The fourth-order valence-electron chi connectivity index (χ4n) is 5.72. The standard InChI is InChI=1S/C27H16N4/c1-2-5-17-15(4-1)12-16-7-8-18-20(24(16)17)13-22-26(18)31-23-6-3-10-29-25(23)21-14-28-11-9-19(21)27(31)30-22/h1-11,14H,12-13H2. The molecule has 4 aromatic heterocycles. The number of fused-ring (bicyclic) bond motifs is 14. The molecular weight excluding hydrogens is 380 g/mol. The van der Waals surface area contributed by atoms with E-state index in [-0.39, 0.29) is 0 Å². The highest BCUT2D eigenvalue weighted by Gasteiger charge is 2.32. The van der Waals surface area contributed by atoms with Crippen LogP contribution in [-0.2, 0) is 12.8 Å². The topological polar surface area (TPSA) is 43.1 Å². The van der Waals surface area contributed by atoms with Gasteiger partial charge in [-0.15, -0.1) is 0 Å². The first-order valence-corrected chi connectivity index (χ1v) is 10.6. The third-order valence-electron chi connectivity index (χ3n) is 6.96. The largest absolute Gasteiger partial charge is 0.290 e. The molecule has 0 bridgehead atoms. The third kappa shape index (κ3) is 1.84. The minimum absolute atomic E-state index is 0.873. The summed E-state index contributed by atoms with van der Waals surface area (Å²) in [5.41, 5.74) is 13.8. The average molecular weight is 396 g/mol. The summed E-state index contributed by atoms with van der Waals surface area (Å²) in [6, 6.07) is 19.6. The highest BCUT2D eigenvalue weighted by Crippen LogP contribution is 2.48. The first-order chi connectivity index (χ1) is 15.4. The van der Waals surface area contributed by atoms with Gasteiger partial charge in [-0.2, -0.15) is 0 Å². The van der Waals surface area contributed by atoms with Gasteiger partial charge in [-0.25, -0.2) is 4.98 Å². The van der Waals surface area contributed by atoms with Crippen LogP contribution >= 0.6 is 0 Å². The molecule has 4 nitrogen and oxygen atoms in total. The second kappa shape index (κ2) is 5.35. The maximum Gasteiger partial charge on any atom is 0.146 e. The maximum absolute atomic E-state index is 5.18. The van der Waals surface area contributed by atoms with Crippen molar-refractivity contribution in [1.29, 1.82) is 0 Å². The van der Waals surface area contributed by atoms with Gasteiger partial charge < -0.3 is 0 Å². The van der Waals surface area contributed by atoms with Crippen LogP contribution < -0.4 is 0 Å². The quantitative estimate of drug-likeness (QED) is 0.315. The zero-order valence-electron chi connectivity index (χ0n) is 16.6. The number of nitrogens with zero attached hydrogens (tertiary/aromatic N) is 4. The van der Waals surface area contributed by atoms with E-state index >= 15 is 0 Å². The van der Waals surface area contributed by atoms with Crippen molar-refractivity contribution in [2.75, 3.05) is 0 Å². The molecule has 0 atom stereocenters. The van der Waals surface area contributed by atoms with Crippen molar-refractivity contribution in [3.8, 4) is 22.4 Å². The molecule has 2 aliphatic rings. The van der Waals surface area contributed by atoms with E-state index in [1.165, 1.54) is 39.1 Å². The molecule has 0 radical (unpaired) electrons. The number of benzene rings is 2. The summed E-state index contributed by atoms with van der Waals surface area (Å²) in [7, 11) is 0. The van der Waals surface area contributed by atoms with Gasteiger partial charge in [0, 0.05) is 41.3 Å². The zero-order chi connectivity index (χ0) is 20.1. The van der Waals surface area contributed by atoms with Gasteiger partial charge in [-0.3, -0.25) is 14.4 Å². The highest BCUT2D eigenvalue weighted by molar-refractivity contribution is 6.10. The monoisotopic (exact) mass is 396 g/mol. The van der Waals surface area contributed by atoms with Crippen molar-refractivity contribution in [3.05, 3.63) is 95.6 Å². The number of aromatic nitrogens is 4. The molecule has 0 saturated heterocycles. The summed E-state index contributed by atoms with van der Waals surface area (Å²) >= 11 is 0. The van der Waals surface area contributed by atoms with Gasteiger partial charge in [0.25, 0.3) is 0 Å². The molecule has 0 aliphatic heterocycles. The summed E-state index contributed by atoms with van der Waals surface area (Å²) in [6.45, 7) is 0. The molecule has 6 aromatic rings. The van der Waals surface area contributed by atoms with Crippen LogP contribution in [0.2, 0.25) is 0 Å².